The monoisotopic (exact) mass is 659 g/mol. The molecule has 1 heteroatoms. The van der Waals surface area contributed by atoms with E-state index in [1.807, 2.05) is 6.20 Å². The van der Waals surface area contributed by atoms with E-state index in [1.165, 1.54) is 82.2 Å². The number of hydrogen-bond acceptors (Lipinski definition) is 1. The molecular formula is C51H33N. The van der Waals surface area contributed by atoms with Crippen LogP contribution in [0.25, 0.3) is 98.9 Å². The molecule has 0 saturated carbocycles. The Labute approximate surface area is 303 Å². The maximum Gasteiger partial charge on any atom is 0.0780 e. The summed E-state index contributed by atoms with van der Waals surface area (Å²) in [4.78, 5) is 4.82. The third-order valence-electron chi connectivity index (χ3n) is 10.5. The Morgan fingerprint density at radius 2 is 0.712 bits per heavy atom. The summed E-state index contributed by atoms with van der Waals surface area (Å²) in [6.07, 6.45) is 1.91. The molecule has 0 N–H and O–H groups in total. The molecule has 0 radical (unpaired) electrons. The molecule has 10 aromatic rings. The van der Waals surface area contributed by atoms with Crippen LogP contribution in [-0.4, -0.2) is 4.98 Å². The molecule has 10 rings (SSSR count). The van der Waals surface area contributed by atoms with Gasteiger partial charge in [0.2, 0.25) is 0 Å². The first-order chi connectivity index (χ1) is 25.8. The summed E-state index contributed by atoms with van der Waals surface area (Å²) in [7, 11) is 0. The molecule has 0 aliphatic carbocycles. The predicted molar refractivity (Wildman–Crippen MR) is 221 cm³/mol. The van der Waals surface area contributed by atoms with Crippen molar-refractivity contribution in [1.29, 1.82) is 0 Å². The van der Waals surface area contributed by atoms with E-state index in [9.17, 15) is 0 Å². The zero-order valence-corrected chi connectivity index (χ0v) is 28.5. The number of hydrogen-bond donors (Lipinski definition) is 0. The summed E-state index contributed by atoms with van der Waals surface area (Å²) in [5.41, 5.74) is 11.8. The van der Waals surface area contributed by atoms with Gasteiger partial charge < -0.3 is 0 Å². The van der Waals surface area contributed by atoms with Crippen molar-refractivity contribution < 1.29 is 0 Å². The van der Waals surface area contributed by atoms with Gasteiger partial charge in [-0.3, -0.25) is 4.98 Å². The van der Waals surface area contributed by atoms with Crippen molar-refractivity contribution in [3.8, 4) is 55.8 Å². The highest BCUT2D eigenvalue weighted by Crippen LogP contribution is 2.44. The van der Waals surface area contributed by atoms with Crippen LogP contribution in [0.1, 0.15) is 0 Å². The van der Waals surface area contributed by atoms with Crippen molar-refractivity contribution in [2.45, 2.75) is 0 Å². The Morgan fingerprint density at radius 1 is 0.269 bits per heavy atom. The van der Waals surface area contributed by atoms with Crippen LogP contribution in [0, 0.1) is 0 Å². The zero-order chi connectivity index (χ0) is 34.4. The van der Waals surface area contributed by atoms with Gasteiger partial charge in [-0.15, -0.1) is 0 Å². The second-order valence-electron chi connectivity index (χ2n) is 13.5. The van der Waals surface area contributed by atoms with Crippen LogP contribution in [0.2, 0.25) is 0 Å². The van der Waals surface area contributed by atoms with Gasteiger partial charge in [0.05, 0.1) is 5.69 Å². The molecule has 0 bridgehead atoms. The van der Waals surface area contributed by atoms with Crippen molar-refractivity contribution in [2.24, 2.45) is 0 Å². The fraction of sp³-hybridized carbons (Fsp3) is 0. The highest BCUT2D eigenvalue weighted by molar-refractivity contribution is 6.17. The van der Waals surface area contributed by atoms with Gasteiger partial charge in [0.15, 0.2) is 0 Å². The summed E-state index contributed by atoms with van der Waals surface area (Å²) >= 11 is 0. The predicted octanol–water partition coefficient (Wildman–Crippen LogP) is 14.0. The maximum atomic E-state index is 4.82. The first-order valence-corrected chi connectivity index (χ1v) is 17.9. The summed E-state index contributed by atoms with van der Waals surface area (Å²) in [6, 6.07) is 70.6. The van der Waals surface area contributed by atoms with E-state index in [0.29, 0.717) is 0 Å². The van der Waals surface area contributed by atoms with E-state index >= 15 is 0 Å². The van der Waals surface area contributed by atoms with Crippen LogP contribution in [0.3, 0.4) is 0 Å². The van der Waals surface area contributed by atoms with Crippen molar-refractivity contribution >= 4 is 43.1 Å². The highest BCUT2D eigenvalue weighted by Gasteiger charge is 2.17. The molecule has 0 spiro atoms. The second-order valence-corrected chi connectivity index (χ2v) is 13.5. The number of rotatable bonds is 5. The molecule has 0 amide bonds. The van der Waals surface area contributed by atoms with Gasteiger partial charge in [-0.05, 0) is 100 Å². The molecule has 9 aromatic carbocycles. The Bertz CT molecular complexity index is 2870. The van der Waals surface area contributed by atoms with Gasteiger partial charge in [-0.25, -0.2) is 0 Å². The van der Waals surface area contributed by atoms with Crippen molar-refractivity contribution in [2.75, 3.05) is 0 Å². The Balaban J connectivity index is 1.18. The lowest BCUT2D eigenvalue weighted by Crippen LogP contribution is -1.92. The minimum atomic E-state index is 1.01. The molecule has 0 fully saturated rings. The van der Waals surface area contributed by atoms with Crippen LogP contribution in [-0.2, 0) is 0 Å². The third-order valence-corrected chi connectivity index (χ3v) is 10.5. The summed E-state index contributed by atoms with van der Waals surface area (Å²) < 4.78 is 0. The average molecular weight is 660 g/mol. The van der Waals surface area contributed by atoms with Gasteiger partial charge in [-0.2, -0.15) is 0 Å². The fourth-order valence-electron chi connectivity index (χ4n) is 8.09. The Morgan fingerprint density at radius 3 is 1.40 bits per heavy atom. The van der Waals surface area contributed by atoms with Gasteiger partial charge in [0.25, 0.3) is 0 Å². The van der Waals surface area contributed by atoms with Crippen LogP contribution >= 0.6 is 0 Å². The minimum absolute atomic E-state index is 1.01. The average Bonchev–Trinajstić information content (AvgIpc) is 3.22. The Kier molecular flexibility index (Phi) is 7.22. The minimum Gasteiger partial charge on any atom is -0.256 e. The SMILES string of the molecule is c1cc(-c2cccc(-c3ccc(-c4cccc5ccccc45)c4c(-c5cccc6ccccc56)cccc34)c2)cc(-c2nccc3ccccc23)c1. The second kappa shape index (κ2) is 12.5. The van der Waals surface area contributed by atoms with E-state index in [0.717, 1.165) is 16.6 Å². The third kappa shape index (κ3) is 5.06. The largest absolute Gasteiger partial charge is 0.256 e. The molecule has 1 aromatic heterocycles. The smallest absolute Gasteiger partial charge is 0.0780 e. The zero-order valence-electron chi connectivity index (χ0n) is 28.5. The number of aromatic nitrogens is 1. The van der Waals surface area contributed by atoms with Crippen LogP contribution in [0.5, 0.6) is 0 Å². The fourth-order valence-corrected chi connectivity index (χ4v) is 8.09. The van der Waals surface area contributed by atoms with Crippen molar-refractivity contribution in [3.05, 3.63) is 200 Å². The normalized spacial score (nSPS) is 11.5. The van der Waals surface area contributed by atoms with E-state index in [2.05, 4.69) is 194 Å². The molecule has 0 saturated heterocycles. The van der Waals surface area contributed by atoms with Crippen LogP contribution < -0.4 is 0 Å². The van der Waals surface area contributed by atoms with Gasteiger partial charge in [-0.1, -0.05) is 176 Å². The first-order valence-electron chi connectivity index (χ1n) is 17.9. The van der Waals surface area contributed by atoms with Crippen LogP contribution in [0.4, 0.5) is 0 Å². The van der Waals surface area contributed by atoms with Gasteiger partial charge in [0, 0.05) is 17.1 Å². The number of fused-ring (bicyclic) bond motifs is 4. The number of nitrogens with zero attached hydrogens (tertiary/aromatic N) is 1. The summed E-state index contributed by atoms with van der Waals surface area (Å²) in [5.74, 6) is 0. The summed E-state index contributed by atoms with van der Waals surface area (Å²) in [6.45, 7) is 0. The van der Waals surface area contributed by atoms with E-state index < -0.39 is 0 Å². The maximum absolute atomic E-state index is 4.82. The molecule has 0 atom stereocenters. The molecule has 242 valence electrons. The molecular weight excluding hydrogens is 627 g/mol. The van der Waals surface area contributed by atoms with Gasteiger partial charge in [0.1, 0.15) is 0 Å². The van der Waals surface area contributed by atoms with Crippen molar-refractivity contribution in [3.63, 3.8) is 0 Å². The standard InChI is InChI=1S/C51H33N/c1-4-21-41-34(12-1)15-9-24-45(41)48-27-11-26-47-43(28-29-49(50(47)48)46-25-10-16-35-13-2-5-22-42(35)46)39-19-7-17-37(32-39)38-18-8-20-40(33-38)51-44-23-6-3-14-36(44)30-31-52-51/h1-33H. The number of pyridine rings is 1. The van der Waals surface area contributed by atoms with Gasteiger partial charge >= 0.3 is 0 Å². The molecule has 0 aliphatic rings. The molecule has 0 unspecified atom stereocenters. The summed E-state index contributed by atoms with van der Waals surface area (Å²) in [5, 5.41) is 9.87. The lowest BCUT2D eigenvalue weighted by Gasteiger charge is -2.18. The number of benzene rings is 9. The molecule has 1 heterocycles. The van der Waals surface area contributed by atoms with E-state index in [4.69, 9.17) is 4.98 Å². The topological polar surface area (TPSA) is 12.9 Å². The molecule has 52 heavy (non-hydrogen) atoms. The quantitative estimate of drug-likeness (QED) is 0.179. The first kappa shape index (κ1) is 30.0. The molecule has 1 nitrogen and oxygen atoms in total. The highest BCUT2D eigenvalue weighted by atomic mass is 14.7. The van der Waals surface area contributed by atoms with E-state index in [-0.39, 0.29) is 0 Å². The molecule has 0 aliphatic heterocycles. The van der Waals surface area contributed by atoms with Crippen LogP contribution in [0.15, 0.2) is 200 Å². The van der Waals surface area contributed by atoms with Crippen molar-refractivity contribution in [1.82, 2.24) is 4.98 Å². The Hall–Kier alpha value is -6.83. The lowest BCUT2D eigenvalue weighted by atomic mass is 9.85. The lowest BCUT2D eigenvalue weighted by molar-refractivity contribution is 1.36. The van der Waals surface area contributed by atoms with E-state index in [1.54, 1.807) is 0 Å².